The van der Waals surface area contributed by atoms with E-state index < -0.39 is 5.38 Å². The van der Waals surface area contributed by atoms with Crippen molar-refractivity contribution < 1.29 is 4.79 Å². The van der Waals surface area contributed by atoms with Crippen molar-refractivity contribution in [2.45, 2.75) is 12.3 Å². The molecule has 5 nitrogen and oxygen atoms in total. The zero-order chi connectivity index (χ0) is 12.6. The number of hydrogen-bond acceptors (Lipinski definition) is 4. The summed E-state index contributed by atoms with van der Waals surface area (Å²) in [7, 11) is 1.54. The normalized spacial score (nSPS) is 13.0. The monoisotopic (exact) mass is 262 g/mol. The molecule has 7 heteroatoms. The van der Waals surface area contributed by atoms with Crippen molar-refractivity contribution >= 4 is 35.1 Å². The fourth-order valence-corrected chi connectivity index (χ4v) is 1.78. The third-order valence-corrected chi connectivity index (χ3v) is 3.39. The number of Topliss-reactive ketones (excluding diaryl/α,β-unsaturated/α-hetero) is 1. The second-order valence-electron chi connectivity index (χ2n) is 3.05. The van der Waals surface area contributed by atoms with Crippen molar-refractivity contribution in [3.8, 4) is 6.19 Å². The largest absolute Gasteiger partial charge is 0.369 e. The lowest BCUT2D eigenvalue weighted by molar-refractivity contribution is -0.116. The van der Waals surface area contributed by atoms with Crippen LogP contribution < -0.4 is 5.73 Å². The van der Waals surface area contributed by atoms with E-state index >= 15 is 0 Å². The van der Waals surface area contributed by atoms with E-state index in [1.54, 1.807) is 0 Å². The molecular formula is C9H15ClN4OS. The van der Waals surface area contributed by atoms with Crippen LogP contribution in [0.1, 0.15) is 6.92 Å². The van der Waals surface area contributed by atoms with E-state index in [4.69, 9.17) is 22.6 Å². The highest BCUT2D eigenvalue weighted by atomic mass is 35.5. The van der Waals surface area contributed by atoms with E-state index in [1.165, 1.54) is 30.6 Å². The SMILES string of the molecule is CC(=O)C(Cl)CSCCN=C(N)N(C)C#N. The highest BCUT2D eigenvalue weighted by Gasteiger charge is 2.09. The van der Waals surface area contributed by atoms with Crippen LogP contribution in [-0.4, -0.2) is 47.1 Å². The smallest absolute Gasteiger partial charge is 0.204 e. The quantitative estimate of drug-likeness (QED) is 0.190. The van der Waals surface area contributed by atoms with Gasteiger partial charge in [0.25, 0.3) is 0 Å². The molecule has 16 heavy (non-hydrogen) atoms. The molecule has 0 spiro atoms. The number of aliphatic imine (C=N–C) groups is 1. The predicted molar refractivity (Wildman–Crippen MR) is 67.5 cm³/mol. The molecule has 0 aliphatic heterocycles. The molecule has 1 atom stereocenters. The summed E-state index contributed by atoms with van der Waals surface area (Å²) >= 11 is 7.28. The Morgan fingerprint density at radius 2 is 2.38 bits per heavy atom. The number of nitrogens with two attached hydrogens (primary N) is 1. The maximum atomic E-state index is 10.8. The van der Waals surface area contributed by atoms with Crippen LogP contribution in [0.15, 0.2) is 4.99 Å². The molecule has 0 amide bonds. The third kappa shape index (κ3) is 6.53. The summed E-state index contributed by atoms with van der Waals surface area (Å²) in [5, 5.41) is 8.06. The van der Waals surface area contributed by atoms with Gasteiger partial charge in [0.2, 0.25) is 5.96 Å². The number of alkyl halides is 1. The first-order valence-corrected chi connectivity index (χ1v) is 6.23. The van der Waals surface area contributed by atoms with Crippen LogP contribution >= 0.6 is 23.4 Å². The van der Waals surface area contributed by atoms with Gasteiger partial charge in [0.05, 0.1) is 6.54 Å². The van der Waals surface area contributed by atoms with Crippen LogP contribution in [0.25, 0.3) is 0 Å². The number of halogens is 1. The Morgan fingerprint density at radius 3 is 2.88 bits per heavy atom. The summed E-state index contributed by atoms with van der Waals surface area (Å²) in [5.41, 5.74) is 5.48. The molecule has 0 heterocycles. The van der Waals surface area contributed by atoms with Gasteiger partial charge in [0.15, 0.2) is 6.19 Å². The van der Waals surface area contributed by atoms with E-state index in [1.807, 2.05) is 6.19 Å². The van der Waals surface area contributed by atoms with Crippen molar-refractivity contribution in [2.75, 3.05) is 25.1 Å². The van der Waals surface area contributed by atoms with Crippen molar-refractivity contribution in [3.63, 3.8) is 0 Å². The first-order valence-electron chi connectivity index (χ1n) is 4.64. The number of carbonyl (C=O) groups is 1. The van der Waals surface area contributed by atoms with Gasteiger partial charge in [-0.05, 0) is 6.92 Å². The molecule has 0 saturated heterocycles. The van der Waals surface area contributed by atoms with Crippen LogP contribution in [0.3, 0.4) is 0 Å². The van der Waals surface area contributed by atoms with Gasteiger partial charge in [-0.3, -0.25) is 14.7 Å². The standard InChI is InChI=1S/C9H15ClN4OS/c1-7(15)8(10)5-16-4-3-13-9(12)14(2)6-11/h8H,3-5H2,1-2H3,(H2,12,13). The van der Waals surface area contributed by atoms with E-state index in [9.17, 15) is 4.79 Å². The van der Waals surface area contributed by atoms with E-state index in [-0.39, 0.29) is 11.7 Å². The van der Waals surface area contributed by atoms with Gasteiger partial charge in [-0.1, -0.05) is 0 Å². The fraction of sp³-hybridized carbons (Fsp3) is 0.667. The fourth-order valence-electron chi connectivity index (χ4n) is 0.686. The lowest BCUT2D eigenvalue weighted by Gasteiger charge is -2.07. The van der Waals surface area contributed by atoms with E-state index in [2.05, 4.69) is 4.99 Å². The number of carbonyl (C=O) groups excluding carboxylic acids is 1. The van der Waals surface area contributed by atoms with Crippen LogP contribution in [0.4, 0.5) is 0 Å². The van der Waals surface area contributed by atoms with Crippen molar-refractivity contribution in [1.29, 1.82) is 5.26 Å². The Hall–Kier alpha value is -0.930. The number of thioether (sulfide) groups is 1. The van der Waals surface area contributed by atoms with Crippen LogP contribution in [-0.2, 0) is 4.79 Å². The average Bonchev–Trinajstić information content (AvgIpc) is 2.26. The number of nitrogens with zero attached hydrogens (tertiary/aromatic N) is 3. The maximum Gasteiger partial charge on any atom is 0.204 e. The van der Waals surface area contributed by atoms with E-state index in [0.717, 1.165) is 5.75 Å². The van der Waals surface area contributed by atoms with Crippen LogP contribution in [0.2, 0.25) is 0 Å². The van der Waals surface area contributed by atoms with Crippen LogP contribution in [0, 0.1) is 11.5 Å². The zero-order valence-corrected chi connectivity index (χ0v) is 10.9. The van der Waals surface area contributed by atoms with Gasteiger partial charge < -0.3 is 5.73 Å². The van der Waals surface area contributed by atoms with Crippen molar-refractivity contribution in [3.05, 3.63) is 0 Å². The molecule has 0 saturated carbocycles. The van der Waals surface area contributed by atoms with E-state index in [0.29, 0.717) is 12.3 Å². The lowest BCUT2D eigenvalue weighted by atomic mass is 10.3. The number of ketones is 1. The first-order chi connectivity index (χ1) is 7.49. The highest BCUT2D eigenvalue weighted by molar-refractivity contribution is 7.99. The zero-order valence-electron chi connectivity index (χ0n) is 9.31. The van der Waals surface area contributed by atoms with Crippen molar-refractivity contribution in [1.82, 2.24) is 4.90 Å². The number of rotatable bonds is 6. The summed E-state index contributed by atoms with van der Waals surface area (Å²) < 4.78 is 0. The topological polar surface area (TPSA) is 82.5 Å². The minimum Gasteiger partial charge on any atom is -0.369 e. The molecule has 0 radical (unpaired) electrons. The Bertz CT molecular complexity index is 302. The molecule has 1 unspecified atom stereocenters. The van der Waals surface area contributed by atoms with Crippen LogP contribution in [0.5, 0.6) is 0 Å². The van der Waals surface area contributed by atoms with Gasteiger partial charge in [-0.15, -0.1) is 11.6 Å². The van der Waals surface area contributed by atoms with Gasteiger partial charge in [-0.25, -0.2) is 0 Å². The van der Waals surface area contributed by atoms with Gasteiger partial charge >= 0.3 is 0 Å². The first kappa shape index (κ1) is 15.1. The predicted octanol–water partition coefficient (Wildman–Crippen LogP) is 0.644. The maximum absolute atomic E-state index is 10.8. The molecule has 0 aromatic rings. The molecule has 0 fully saturated rings. The lowest BCUT2D eigenvalue weighted by Crippen LogP contribution is -2.30. The minimum absolute atomic E-state index is 0.0265. The molecule has 0 aliphatic carbocycles. The molecular weight excluding hydrogens is 248 g/mol. The summed E-state index contributed by atoms with van der Waals surface area (Å²) in [4.78, 5) is 16.0. The second-order valence-corrected chi connectivity index (χ2v) is 4.73. The third-order valence-electron chi connectivity index (χ3n) is 1.71. The Kier molecular flexibility index (Phi) is 7.77. The summed E-state index contributed by atoms with van der Waals surface area (Å²) in [5.74, 6) is 1.45. The minimum atomic E-state index is -0.437. The van der Waals surface area contributed by atoms with Gasteiger partial charge in [0.1, 0.15) is 11.2 Å². The number of nitriles is 1. The Labute approximate surface area is 105 Å². The highest BCUT2D eigenvalue weighted by Crippen LogP contribution is 2.08. The number of guanidine groups is 1. The molecule has 0 aliphatic rings. The number of hydrogen-bond donors (Lipinski definition) is 1. The van der Waals surface area contributed by atoms with Crippen molar-refractivity contribution in [2.24, 2.45) is 10.7 Å². The molecule has 2 N–H and O–H groups in total. The molecule has 0 aromatic carbocycles. The molecule has 0 bridgehead atoms. The second kappa shape index (κ2) is 8.25. The van der Waals surface area contributed by atoms with Gasteiger partial charge in [-0.2, -0.15) is 17.0 Å². The Morgan fingerprint density at radius 1 is 1.75 bits per heavy atom. The average molecular weight is 263 g/mol. The molecule has 90 valence electrons. The molecule has 0 rings (SSSR count). The summed E-state index contributed by atoms with van der Waals surface area (Å²) in [6.07, 6.45) is 1.84. The summed E-state index contributed by atoms with van der Waals surface area (Å²) in [6.45, 7) is 1.97. The van der Waals surface area contributed by atoms with Gasteiger partial charge in [0, 0.05) is 18.6 Å². The Balaban J connectivity index is 3.69. The summed E-state index contributed by atoms with van der Waals surface area (Å²) in [6, 6.07) is 0. The molecule has 0 aromatic heterocycles.